The van der Waals surface area contributed by atoms with Crippen molar-refractivity contribution in [2.75, 3.05) is 6.61 Å². The SMILES string of the molecule is C=C1[C@H](OCC2=CO[C@@H]3O[C@]4(C)CC[C@H]5[C@H](C)CC[C@@H]2[C@@]35O4)O[C@@H]2O[C@]3(C)CC[C@H]4[C@H](C)CC[C@@H]1[C@@]24O3. The highest BCUT2D eigenvalue weighted by molar-refractivity contribution is 5.26. The summed E-state index contributed by atoms with van der Waals surface area (Å²) < 4.78 is 45.8. The Bertz CT molecular complexity index is 1040. The van der Waals surface area contributed by atoms with E-state index in [1.54, 1.807) is 0 Å². The summed E-state index contributed by atoms with van der Waals surface area (Å²) >= 11 is 0. The summed E-state index contributed by atoms with van der Waals surface area (Å²) in [4.78, 5) is 0. The van der Waals surface area contributed by atoms with E-state index in [4.69, 9.17) is 33.2 Å². The van der Waals surface area contributed by atoms with Crippen molar-refractivity contribution in [2.45, 2.75) is 121 Å². The van der Waals surface area contributed by atoms with E-state index in [2.05, 4.69) is 34.3 Å². The predicted octanol–water partition coefficient (Wildman–Crippen LogP) is 5.40. The van der Waals surface area contributed by atoms with Crippen LogP contribution in [0.1, 0.15) is 79.1 Å². The standard InChI is InChI=1S/C30H42O7/c1-16-6-8-22-18(3)24(33-26-29(22)20(16)10-13-28(5,35-26)36-29)31-14-19-15-32-25-30-21(17(2)7-9-23(19)30)11-12-27(4,34-25)37-30/h15-17,20-26H,3,6-14H2,1-2,4-5H3/t16-,17-,20+,21+,22+,23+,24-,25-,26-,27+,28+,29-,30-/m1/s1. The molecule has 6 heterocycles. The van der Waals surface area contributed by atoms with Crippen LogP contribution in [0.4, 0.5) is 0 Å². The Morgan fingerprint density at radius 3 is 2.11 bits per heavy atom. The van der Waals surface area contributed by atoms with Gasteiger partial charge in [0.25, 0.3) is 0 Å². The first-order chi connectivity index (χ1) is 17.7. The molecule has 0 radical (unpaired) electrons. The lowest BCUT2D eigenvalue weighted by molar-refractivity contribution is -0.290. The third-order valence-electron chi connectivity index (χ3n) is 11.7. The highest BCUT2D eigenvalue weighted by Gasteiger charge is 2.72. The molecule has 7 nitrogen and oxygen atoms in total. The summed E-state index contributed by atoms with van der Waals surface area (Å²) in [7, 11) is 0. The van der Waals surface area contributed by atoms with Gasteiger partial charge in [-0.15, -0.1) is 0 Å². The van der Waals surface area contributed by atoms with Gasteiger partial charge in [0.15, 0.2) is 24.2 Å². The average molecular weight is 515 g/mol. The summed E-state index contributed by atoms with van der Waals surface area (Å²) in [6.45, 7) is 13.8. The van der Waals surface area contributed by atoms with Gasteiger partial charge >= 0.3 is 0 Å². The van der Waals surface area contributed by atoms with Gasteiger partial charge in [0.2, 0.25) is 6.29 Å². The summed E-state index contributed by atoms with van der Waals surface area (Å²) in [6.07, 6.45) is 9.12. The molecule has 0 aromatic carbocycles. The minimum atomic E-state index is -0.583. The Morgan fingerprint density at radius 2 is 1.43 bits per heavy atom. The first-order valence-electron chi connectivity index (χ1n) is 14.7. The average Bonchev–Trinajstić information content (AvgIpc) is 3.22. The van der Waals surface area contributed by atoms with Gasteiger partial charge in [0, 0.05) is 24.7 Å². The Morgan fingerprint density at radius 1 is 0.838 bits per heavy atom. The number of ether oxygens (including phenoxy) is 7. The quantitative estimate of drug-likeness (QED) is 0.468. The van der Waals surface area contributed by atoms with E-state index in [9.17, 15) is 0 Å². The molecule has 8 rings (SSSR count). The van der Waals surface area contributed by atoms with Gasteiger partial charge in [-0.05, 0) is 87.2 Å². The zero-order chi connectivity index (χ0) is 25.4. The zero-order valence-electron chi connectivity index (χ0n) is 22.7. The van der Waals surface area contributed by atoms with Crippen molar-refractivity contribution in [2.24, 2.45) is 35.5 Å². The lowest BCUT2D eigenvalue weighted by Gasteiger charge is -2.57. The molecule has 2 aliphatic carbocycles. The van der Waals surface area contributed by atoms with Crippen molar-refractivity contribution in [1.82, 2.24) is 0 Å². The Hall–Kier alpha value is -0.960. The molecule has 5 saturated heterocycles. The van der Waals surface area contributed by atoms with Gasteiger partial charge in [0.1, 0.15) is 11.2 Å². The molecule has 0 aromatic rings. The molecule has 4 bridgehead atoms. The van der Waals surface area contributed by atoms with Crippen LogP contribution in [-0.4, -0.2) is 48.3 Å². The van der Waals surface area contributed by atoms with Crippen molar-refractivity contribution < 1.29 is 33.2 Å². The molecule has 13 atom stereocenters. The van der Waals surface area contributed by atoms with Crippen LogP contribution in [0.2, 0.25) is 0 Å². The summed E-state index contributed by atoms with van der Waals surface area (Å²) in [5.41, 5.74) is 1.28. The maximum absolute atomic E-state index is 6.81. The van der Waals surface area contributed by atoms with Gasteiger partial charge in [-0.25, -0.2) is 0 Å². The molecule has 7 fully saturated rings. The van der Waals surface area contributed by atoms with Gasteiger partial charge in [-0.2, -0.15) is 0 Å². The van der Waals surface area contributed by atoms with Crippen molar-refractivity contribution in [3.63, 3.8) is 0 Å². The Kier molecular flexibility index (Phi) is 4.91. The molecular formula is C30H42O7. The van der Waals surface area contributed by atoms with E-state index in [-0.39, 0.29) is 18.1 Å². The fraction of sp³-hybridized carbons (Fsp3) is 0.867. The topological polar surface area (TPSA) is 64.6 Å². The van der Waals surface area contributed by atoms with Crippen LogP contribution < -0.4 is 0 Å². The van der Waals surface area contributed by atoms with Gasteiger partial charge in [-0.1, -0.05) is 20.4 Å². The number of hydrogen-bond donors (Lipinski definition) is 0. The van der Waals surface area contributed by atoms with Crippen LogP contribution >= 0.6 is 0 Å². The highest BCUT2D eigenvalue weighted by Crippen LogP contribution is 2.64. The normalized spacial score (nSPS) is 59.3. The van der Waals surface area contributed by atoms with Crippen LogP contribution in [-0.2, 0) is 33.2 Å². The van der Waals surface area contributed by atoms with Crippen molar-refractivity contribution >= 4 is 0 Å². The molecule has 6 aliphatic heterocycles. The fourth-order valence-corrected chi connectivity index (χ4v) is 9.96. The minimum Gasteiger partial charge on any atom is -0.469 e. The molecule has 0 N–H and O–H groups in total. The lowest BCUT2D eigenvalue weighted by Crippen LogP contribution is -2.64. The van der Waals surface area contributed by atoms with E-state index in [0.717, 1.165) is 49.7 Å². The second kappa shape index (κ2) is 7.61. The van der Waals surface area contributed by atoms with Crippen molar-refractivity contribution in [1.29, 1.82) is 0 Å². The van der Waals surface area contributed by atoms with Crippen LogP contribution in [0.5, 0.6) is 0 Å². The molecule has 8 aliphatic rings. The molecule has 204 valence electrons. The number of rotatable bonds is 3. The smallest absolute Gasteiger partial charge is 0.231 e. The van der Waals surface area contributed by atoms with Gasteiger partial charge in [-0.3, -0.25) is 0 Å². The second-order valence-corrected chi connectivity index (χ2v) is 13.8. The molecule has 0 unspecified atom stereocenters. The maximum atomic E-state index is 6.81. The fourth-order valence-electron chi connectivity index (χ4n) is 9.96. The van der Waals surface area contributed by atoms with Crippen LogP contribution in [0.15, 0.2) is 24.0 Å². The lowest BCUT2D eigenvalue weighted by atomic mass is 9.58. The Balaban J connectivity index is 1.05. The van der Waals surface area contributed by atoms with Gasteiger partial charge in [0.05, 0.1) is 12.9 Å². The third-order valence-corrected chi connectivity index (χ3v) is 11.7. The molecule has 0 aromatic heterocycles. The highest BCUT2D eigenvalue weighted by atomic mass is 16.9. The van der Waals surface area contributed by atoms with E-state index >= 15 is 0 Å². The van der Waals surface area contributed by atoms with Crippen LogP contribution in [0.25, 0.3) is 0 Å². The van der Waals surface area contributed by atoms with Crippen LogP contribution in [0, 0.1) is 35.5 Å². The van der Waals surface area contributed by atoms with Crippen molar-refractivity contribution in [3.05, 3.63) is 24.0 Å². The predicted molar refractivity (Wildman–Crippen MR) is 133 cm³/mol. The molecule has 7 heteroatoms. The largest absolute Gasteiger partial charge is 0.469 e. The minimum absolute atomic E-state index is 0.185. The van der Waals surface area contributed by atoms with E-state index in [1.807, 2.05) is 6.26 Å². The third kappa shape index (κ3) is 2.99. The molecule has 37 heavy (non-hydrogen) atoms. The number of fused-ring (bicyclic) bond motifs is 2. The molecule has 0 amide bonds. The summed E-state index contributed by atoms with van der Waals surface area (Å²) in [6, 6.07) is 0. The molecule has 2 spiro atoms. The second-order valence-electron chi connectivity index (χ2n) is 13.8. The monoisotopic (exact) mass is 514 g/mol. The maximum Gasteiger partial charge on any atom is 0.231 e. The van der Waals surface area contributed by atoms with E-state index in [1.165, 1.54) is 12.8 Å². The summed E-state index contributed by atoms with van der Waals surface area (Å²) in [5.74, 6) is 1.31. The van der Waals surface area contributed by atoms with Crippen molar-refractivity contribution in [3.8, 4) is 0 Å². The number of hydrogen-bond acceptors (Lipinski definition) is 7. The van der Waals surface area contributed by atoms with E-state index in [0.29, 0.717) is 30.3 Å². The van der Waals surface area contributed by atoms with Gasteiger partial charge < -0.3 is 33.2 Å². The first kappa shape index (κ1) is 23.9. The Labute approximate surface area is 220 Å². The first-order valence-corrected chi connectivity index (χ1v) is 14.7. The van der Waals surface area contributed by atoms with E-state index < -0.39 is 35.4 Å². The molecule has 2 saturated carbocycles. The molecular weight excluding hydrogens is 472 g/mol. The van der Waals surface area contributed by atoms with Crippen LogP contribution in [0.3, 0.4) is 0 Å². The summed E-state index contributed by atoms with van der Waals surface area (Å²) in [5, 5.41) is 0. The zero-order valence-corrected chi connectivity index (χ0v) is 22.7.